The van der Waals surface area contributed by atoms with Crippen molar-refractivity contribution in [3.05, 3.63) is 126 Å². The monoisotopic (exact) mass is 388 g/mol. The summed E-state index contributed by atoms with van der Waals surface area (Å²) in [6.45, 7) is 0. The fourth-order valence-corrected chi connectivity index (χ4v) is 3.76. The third-order valence-electron chi connectivity index (χ3n) is 5.23. The molecule has 0 atom stereocenters. The Labute approximate surface area is 175 Å². The Morgan fingerprint density at radius 2 is 1.37 bits per heavy atom. The Morgan fingerprint density at radius 3 is 2.17 bits per heavy atom. The minimum Gasteiger partial charge on any atom is -0.267 e. The van der Waals surface area contributed by atoms with E-state index in [1.54, 1.807) is 0 Å². The van der Waals surface area contributed by atoms with Crippen LogP contribution in [0.2, 0.25) is 0 Å². The number of hydrogen-bond acceptors (Lipinski definition) is 2. The van der Waals surface area contributed by atoms with Crippen LogP contribution in [0.5, 0.6) is 0 Å². The molecule has 0 bridgehead atoms. The van der Waals surface area contributed by atoms with E-state index in [9.17, 15) is 4.79 Å². The van der Waals surface area contributed by atoms with Gasteiger partial charge < -0.3 is 0 Å². The van der Waals surface area contributed by atoms with Gasteiger partial charge in [-0.05, 0) is 40.6 Å². The molecule has 0 radical (unpaired) electrons. The lowest BCUT2D eigenvalue weighted by Gasteiger charge is -2.32. The summed E-state index contributed by atoms with van der Waals surface area (Å²) in [6.07, 6.45) is 3.92. The van der Waals surface area contributed by atoms with E-state index < -0.39 is 0 Å². The zero-order valence-corrected chi connectivity index (χ0v) is 16.3. The smallest absolute Gasteiger partial charge is 0.267 e. The zero-order chi connectivity index (χ0) is 20.3. The van der Waals surface area contributed by atoms with E-state index >= 15 is 0 Å². The third-order valence-corrected chi connectivity index (χ3v) is 5.23. The molecule has 3 nitrogen and oxygen atoms in total. The molecular formula is C27H20N2O. The van der Waals surface area contributed by atoms with Crippen molar-refractivity contribution in [3.8, 4) is 0 Å². The van der Waals surface area contributed by atoms with Crippen molar-refractivity contribution in [2.45, 2.75) is 0 Å². The Kier molecular flexibility index (Phi) is 4.62. The summed E-state index contributed by atoms with van der Waals surface area (Å²) in [7, 11) is 0. The Hall–Kier alpha value is -4.11. The van der Waals surface area contributed by atoms with Crippen molar-refractivity contribution in [3.63, 3.8) is 0 Å². The molecule has 144 valence electrons. The highest BCUT2D eigenvalue weighted by atomic mass is 16.2. The van der Waals surface area contributed by atoms with E-state index in [2.05, 4.69) is 35.8 Å². The summed E-state index contributed by atoms with van der Waals surface area (Å²) >= 11 is 0. The second-order valence-corrected chi connectivity index (χ2v) is 7.18. The number of hydrazine groups is 1. The number of anilines is 1. The van der Waals surface area contributed by atoms with Crippen LogP contribution in [-0.4, -0.2) is 5.91 Å². The van der Waals surface area contributed by atoms with Gasteiger partial charge in [0.2, 0.25) is 0 Å². The van der Waals surface area contributed by atoms with Crippen LogP contribution in [0.25, 0.3) is 22.5 Å². The number of para-hydroxylation sites is 1. The Balaban J connectivity index is 1.66. The fourth-order valence-electron chi connectivity index (χ4n) is 3.76. The van der Waals surface area contributed by atoms with Crippen molar-refractivity contribution >= 4 is 34.1 Å². The zero-order valence-electron chi connectivity index (χ0n) is 16.3. The van der Waals surface area contributed by atoms with Gasteiger partial charge in [-0.15, -0.1) is 0 Å². The van der Waals surface area contributed by atoms with E-state index in [0.29, 0.717) is 5.57 Å². The number of hydrogen-bond donors (Lipinski definition) is 1. The maximum Gasteiger partial charge on any atom is 0.270 e. The highest BCUT2D eigenvalue weighted by molar-refractivity contribution is 6.09. The Bertz CT molecular complexity index is 1270. The first-order valence-corrected chi connectivity index (χ1v) is 9.92. The molecule has 0 saturated heterocycles. The minimum absolute atomic E-state index is 0.133. The predicted octanol–water partition coefficient (Wildman–Crippen LogP) is 5.82. The largest absolute Gasteiger partial charge is 0.270 e. The molecule has 0 aliphatic carbocycles. The molecule has 30 heavy (non-hydrogen) atoms. The molecular weight excluding hydrogens is 368 g/mol. The van der Waals surface area contributed by atoms with E-state index in [4.69, 9.17) is 0 Å². The molecule has 1 aliphatic heterocycles. The van der Waals surface area contributed by atoms with Gasteiger partial charge in [0.05, 0.1) is 11.4 Å². The lowest BCUT2D eigenvalue weighted by Crippen LogP contribution is -2.44. The number of benzene rings is 4. The van der Waals surface area contributed by atoms with E-state index in [1.165, 1.54) is 0 Å². The number of rotatable bonds is 3. The van der Waals surface area contributed by atoms with Crippen molar-refractivity contribution in [1.82, 2.24) is 5.43 Å². The molecule has 4 aromatic carbocycles. The first kappa shape index (κ1) is 18.0. The van der Waals surface area contributed by atoms with Crippen LogP contribution < -0.4 is 10.4 Å². The molecule has 4 aromatic rings. The number of nitrogens with one attached hydrogen (secondary N) is 1. The summed E-state index contributed by atoms with van der Waals surface area (Å²) in [5.74, 6) is -0.133. The summed E-state index contributed by atoms with van der Waals surface area (Å²) in [5, 5.41) is 4.12. The quantitative estimate of drug-likeness (QED) is 0.449. The van der Waals surface area contributed by atoms with Gasteiger partial charge in [0.25, 0.3) is 5.91 Å². The number of amides is 1. The van der Waals surface area contributed by atoms with E-state index in [0.717, 1.165) is 33.3 Å². The van der Waals surface area contributed by atoms with Crippen LogP contribution in [-0.2, 0) is 4.79 Å². The van der Waals surface area contributed by atoms with E-state index in [-0.39, 0.29) is 5.91 Å². The van der Waals surface area contributed by atoms with Gasteiger partial charge >= 0.3 is 0 Å². The van der Waals surface area contributed by atoms with Crippen LogP contribution in [0, 0.1) is 0 Å². The SMILES string of the molecule is O=C1NN(c2ccccc2)C(c2ccccc2)=C/C1=C\c1cccc2ccccc12. The van der Waals surface area contributed by atoms with Crippen molar-refractivity contribution < 1.29 is 4.79 Å². The average Bonchev–Trinajstić information content (AvgIpc) is 2.81. The molecule has 0 spiro atoms. The highest BCUT2D eigenvalue weighted by Crippen LogP contribution is 2.30. The summed E-state index contributed by atoms with van der Waals surface area (Å²) in [4.78, 5) is 13.0. The normalized spacial score (nSPS) is 15.2. The number of nitrogens with zero attached hydrogens (tertiary/aromatic N) is 1. The first-order valence-electron chi connectivity index (χ1n) is 9.92. The fraction of sp³-hybridized carbons (Fsp3) is 0. The van der Waals surface area contributed by atoms with Gasteiger partial charge in [0.1, 0.15) is 0 Å². The molecule has 1 amide bonds. The average molecular weight is 388 g/mol. The van der Waals surface area contributed by atoms with E-state index in [1.807, 2.05) is 90.0 Å². The molecule has 1 aliphatic rings. The van der Waals surface area contributed by atoms with Gasteiger partial charge in [0, 0.05) is 11.1 Å². The van der Waals surface area contributed by atoms with Crippen LogP contribution in [0.15, 0.2) is 115 Å². The van der Waals surface area contributed by atoms with Gasteiger partial charge in [-0.1, -0.05) is 91.0 Å². The van der Waals surface area contributed by atoms with Crippen LogP contribution in [0.3, 0.4) is 0 Å². The number of carbonyl (C=O) groups is 1. The lowest BCUT2D eigenvalue weighted by molar-refractivity contribution is -0.117. The summed E-state index contributed by atoms with van der Waals surface area (Å²) < 4.78 is 0. The van der Waals surface area contributed by atoms with Crippen molar-refractivity contribution in [2.75, 3.05) is 5.01 Å². The highest BCUT2D eigenvalue weighted by Gasteiger charge is 2.24. The topological polar surface area (TPSA) is 32.3 Å². The third kappa shape index (κ3) is 3.38. The Morgan fingerprint density at radius 1 is 0.700 bits per heavy atom. The molecule has 0 fully saturated rings. The molecule has 0 saturated carbocycles. The predicted molar refractivity (Wildman–Crippen MR) is 123 cm³/mol. The molecule has 5 rings (SSSR count). The maximum atomic E-state index is 13.0. The second kappa shape index (κ2) is 7.72. The number of carbonyl (C=O) groups excluding carboxylic acids is 1. The second-order valence-electron chi connectivity index (χ2n) is 7.18. The van der Waals surface area contributed by atoms with Crippen molar-refractivity contribution in [2.24, 2.45) is 0 Å². The number of fused-ring (bicyclic) bond motifs is 1. The maximum absolute atomic E-state index is 13.0. The van der Waals surface area contributed by atoms with Crippen LogP contribution >= 0.6 is 0 Å². The summed E-state index contributed by atoms with van der Waals surface area (Å²) in [6, 6.07) is 34.3. The van der Waals surface area contributed by atoms with Gasteiger partial charge in [-0.2, -0.15) is 0 Å². The summed E-state index contributed by atoms with van der Waals surface area (Å²) in [5.41, 5.74) is 7.57. The molecule has 1 heterocycles. The minimum atomic E-state index is -0.133. The van der Waals surface area contributed by atoms with Gasteiger partial charge in [0.15, 0.2) is 0 Å². The molecule has 1 N–H and O–H groups in total. The standard InChI is InChI=1S/C27H20N2O/c30-27-23(18-22-14-9-13-20-10-7-8-17-25(20)22)19-26(21-11-3-1-4-12-21)29(28-27)24-15-5-2-6-16-24/h1-19H,(H,28,30)/b23-18+. The molecule has 0 unspecified atom stereocenters. The first-order chi connectivity index (χ1) is 14.8. The van der Waals surface area contributed by atoms with Gasteiger partial charge in [-0.25, -0.2) is 0 Å². The molecule has 3 heteroatoms. The van der Waals surface area contributed by atoms with Gasteiger partial charge in [-0.3, -0.25) is 15.2 Å². The van der Waals surface area contributed by atoms with Crippen LogP contribution in [0.1, 0.15) is 11.1 Å². The van der Waals surface area contributed by atoms with Crippen LogP contribution in [0.4, 0.5) is 5.69 Å². The molecule has 0 aromatic heterocycles. The van der Waals surface area contributed by atoms with Crippen molar-refractivity contribution in [1.29, 1.82) is 0 Å². The lowest BCUT2D eigenvalue weighted by atomic mass is 10.00.